The third-order valence-electron chi connectivity index (χ3n) is 1.30. The van der Waals surface area contributed by atoms with Gasteiger partial charge in [-0.3, -0.25) is 4.79 Å². The number of carbonyl (C=O) groups is 1. The van der Waals surface area contributed by atoms with Crippen molar-refractivity contribution < 1.29 is 4.79 Å². The number of hydrogen-bond acceptors (Lipinski definition) is 1. The van der Waals surface area contributed by atoms with E-state index in [1.165, 1.54) is 0 Å². The van der Waals surface area contributed by atoms with Crippen molar-refractivity contribution >= 4 is 33.3 Å². The van der Waals surface area contributed by atoms with E-state index in [4.69, 9.17) is 11.6 Å². The van der Waals surface area contributed by atoms with Gasteiger partial charge in [-0.15, -0.1) is 11.6 Å². The maximum absolute atomic E-state index is 11.1. The maximum Gasteiger partial charge on any atom is 0.178 e. The Morgan fingerprint density at radius 2 is 2.09 bits per heavy atom. The molecule has 0 amide bonds. The summed E-state index contributed by atoms with van der Waals surface area (Å²) in [6.45, 7) is 0. The first kappa shape index (κ1) is 8.75. The molecule has 0 N–H and O–H groups in total. The highest BCUT2D eigenvalue weighted by atomic mass is 79.9. The molecule has 1 rings (SSSR count). The number of rotatable bonds is 2. The molecule has 1 aromatic rings. The first-order chi connectivity index (χ1) is 5.25. The normalized spacial score (nSPS) is 9.64. The van der Waals surface area contributed by atoms with Crippen molar-refractivity contribution in [3.05, 3.63) is 34.3 Å². The van der Waals surface area contributed by atoms with Crippen LogP contribution in [-0.4, -0.2) is 11.7 Å². The van der Waals surface area contributed by atoms with Crippen LogP contribution in [-0.2, 0) is 0 Å². The Morgan fingerprint density at radius 1 is 1.45 bits per heavy atom. The summed E-state index contributed by atoms with van der Waals surface area (Å²) < 4.78 is 0.797. The molecule has 0 spiro atoms. The minimum absolute atomic E-state index is 0.0304. The lowest BCUT2D eigenvalue weighted by molar-refractivity contribution is 0.102. The van der Waals surface area contributed by atoms with Crippen molar-refractivity contribution in [3.8, 4) is 0 Å². The van der Waals surface area contributed by atoms with Gasteiger partial charge in [0, 0.05) is 10.0 Å². The summed E-state index contributed by atoms with van der Waals surface area (Å²) in [5.74, 6) is -0.0260. The van der Waals surface area contributed by atoms with Gasteiger partial charge >= 0.3 is 0 Å². The Bertz CT molecular complexity index is 273. The summed E-state index contributed by atoms with van der Waals surface area (Å²) in [7, 11) is 0. The van der Waals surface area contributed by atoms with Crippen molar-refractivity contribution in [2.45, 2.75) is 0 Å². The second kappa shape index (κ2) is 3.88. The molecule has 58 valence electrons. The molecule has 0 radical (unpaired) electrons. The minimum atomic E-state index is -0.0564. The fraction of sp³-hybridized carbons (Fsp3) is 0.125. The van der Waals surface area contributed by atoms with Gasteiger partial charge in [0.1, 0.15) is 0 Å². The van der Waals surface area contributed by atoms with E-state index in [-0.39, 0.29) is 11.7 Å². The molecule has 0 fully saturated rings. The largest absolute Gasteiger partial charge is 0.293 e. The lowest BCUT2D eigenvalue weighted by Crippen LogP contribution is -2.00. The number of carbonyl (C=O) groups excluding carboxylic acids is 1. The van der Waals surface area contributed by atoms with Gasteiger partial charge in [-0.05, 0) is 6.07 Å². The average Bonchev–Trinajstić information content (AvgIpc) is 2.04. The van der Waals surface area contributed by atoms with E-state index < -0.39 is 0 Å². The molecule has 0 atom stereocenters. The first-order valence-electron chi connectivity index (χ1n) is 3.09. The number of benzene rings is 1. The maximum atomic E-state index is 11.1. The van der Waals surface area contributed by atoms with E-state index >= 15 is 0 Å². The molecule has 11 heavy (non-hydrogen) atoms. The van der Waals surface area contributed by atoms with Crippen LogP contribution in [0.3, 0.4) is 0 Å². The second-order valence-electron chi connectivity index (χ2n) is 2.04. The third-order valence-corrected chi connectivity index (χ3v) is 2.23. The molecule has 0 aliphatic rings. The Morgan fingerprint density at radius 3 is 2.64 bits per heavy atom. The van der Waals surface area contributed by atoms with Crippen LogP contribution in [0.4, 0.5) is 0 Å². The topological polar surface area (TPSA) is 17.1 Å². The molecule has 0 unspecified atom stereocenters. The SMILES string of the molecule is O=C(CCl)c1ccccc1Br. The Kier molecular flexibility index (Phi) is 3.09. The predicted molar refractivity (Wildman–Crippen MR) is 49.2 cm³/mol. The van der Waals surface area contributed by atoms with E-state index in [0.717, 1.165) is 4.47 Å². The number of alkyl halides is 1. The van der Waals surface area contributed by atoms with Gasteiger partial charge in [0.25, 0.3) is 0 Å². The molecule has 3 heteroatoms. The molecule has 1 aromatic carbocycles. The fourth-order valence-electron chi connectivity index (χ4n) is 0.759. The van der Waals surface area contributed by atoms with Crippen LogP contribution < -0.4 is 0 Å². The van der Waals surface area contributed by atoms with Gasteiger partial charge in [-0.1, -0.05) is 34.1 Å². The van der Waals surface area contributed by atoms with Crippen LogP contribution in [0.15, 0.2) is 28.7 Å². The first-order valence-corrected chi connectivity index (χ1v) is 4.42. The van der Waals surface area contributed by atoms with E-state index in [9.17, 15) is 4.79 Å². The molecule has 0 aliphatic heterocycles. The van der Waals surface area contributed by atoms with Gasteiger partial charge in [0.05, 0.1) is 5.88 Å². The summed E-state index contributed by atoms with van der Waals surface area (Å²) in [6.07, 6.45) is 0. The third kappa shape index (κ3) is 2.04. The molecule has 0 heterocycles. The van der Waals surface area contributed by atoms with Crippen LogP contribution in [0.1, 0.15) is 10.4 Å². The smallest absolute Gasteiger partial charge is 0.178 e. The van der Waals surface area contributed by atoms with E-state index in [1.54, 1.807) is 6.07 Å². The van der Waals surface area contributed by atoms with Crippen molar-refractivity contribution in [1.82, 2.24) is 0 Å². The van der Waals surface area contributed by atoms with Crippen molar-refractivity contribution in [3.63, 3.8) is 0 Å². The van der Waals surface area contributed by atoms with Gasteiger partial charge in [0.2, 0.25) is 0 Å². The number of ketones is 1. The van der Waals surface area contributed by atoms with Crippen LogP contribution in [0, 0.1) is 0 Å². The summed E-state index contributed by atoms with van der Waals surface area (Å²) >= 11 is 8.65. The van der Waals surface area contributed by atoms with Gasteiger partial charge in [-0.2, -0.15) is 0 Å². The number of hydrogen-bond donors (Lipinski definition) is 0. The van der Waals surface area contributed by atoms with Crippen LogP contribution in [0.5, 0.6) is 0 Å². The molecule has 1 nitrogen and oxygen atoms in total. The molecule has 0 bridgehead atoms. The monoisotopic (exact) mass is 232 g/mol. The molecular formula is C8H6BrClO. The Labute approximate surface area is 78.5 Å². The van der Waals surface area contributed by atoms with Crippen molar-refractivity contribution in [2.75, 3.05) is 5.88 Å². The molecule has 0 saturated carbocycles. The van der Waals surface area contributed by atoms with E-state index in [2.05, 4.69) is 15.9 Å². The zero-order valence-corrected chi connectivity index (χ0v) is 8.02. The highest BCUT2D eigenvalue weighted by Gasteiger charge is 2.06. The van der Waals surface area contributed by atoms with E-state index in [1.807, 2.05) is 18.2 Å². The fourth-order valence-corrected chi connectivity index (χ4v) is 1.41. The molecule has 0 saturated heterocycles. The van der Waals surface area contributed by atoms with Crippen molar-refractivity contribution in [2.24, 2.45) is 0 Å². The average molecular weight is 233 g/mol. The summed E-state index contributed by atoms with van der Waals surface area (Å²) in [5.41, 5.74) is 0.641. The predicted octanol–water partition coefficient (Wildman–Crippen LogP) is 2.87. The second-order valence-corrected chi connectivity index (χ2v) is 3.16. The zero-order valence-electron chi connectivity index (χ0n) is 5.68. The Hall–Kier alpha value is -0.340. The van der Waals surface area contributed by atoms with Crippen LogP contribution in [0.2, 0.25) is 0 Å². The molecule has 0 aliphatic carbocycles. The zero-order chi connectivity index (χ0) is 8.27. The quantitative estimate of drug-likeness (QED) is 0.567. The minimum Gasteiger partial charge on any atom is -0.293 e. The number of Topliss-reactive ketones (excluding diaryl/α,β-unsaturated/α-hetero) is 1. The Balaban J connectivity index is 3.03. The molecular weight excluding hydrogens is 227 g/mol. The van der Waals surface area contributed by atoms with E-state index in [0.29, 0.717) is 5.56 Å². The molecule has 0 aromatic heterocycles. The van der Waals surface area contributed by atoms with Gasteiger partial charge < -0.3 is 0 Å². The van der Waals surface area contributed by atoms with Crippen LogP contribution >= 0.6 is 27.5 Å². The standard InChI is InChI=1S/C8H6BrClO/c9-7-4-2-1-3-6(7)8(11)5-10/h1-4H,5H2. The highest BCUT2D eigenvalue weighted by molar-refractivity contribution is 9.10. The highest BCUT2D eigenvalue weighted by Crippen LogP contribution is 2.16. The summed E-state index contributed by atoms with van der Waals surface area (Å²) in [6, 6.07) is 7.23. The van der Waals surface area contributed by atoms with Gasteiger partial charge in [-0.25, -0.2) is 0 Å². The van der Waals surface area contributed by atoms with Gasteiger partial charge in [0.15, 0.2) is 5.78 Å². The lowest BCUT2D eigenvalue weighted by atomic mass is 10.2. The number of halogens is 2. The lowest BCUT2D eigenvalue weighted by Gasteiger charge is -1.98. The summed E-state index contributed by atoms with van der Waals surface area (Å²) in [5, 5.41) is 0. The van der Waals surface area contributed by atoms with Crippen molar-refractivity contribution in [1.29, 1.82) is 0 Å². The van der Waals surface area contributed by atoms with Crippen LogP contribution in [0.25, 0.3) is 0 Å². The summed E-state index contributed by atoms with van der Waals surface area (Å²) in [4.78, 5) is 11.1.